The molecule has 0 saturated carbocycles. The van der Waals surface area contributed by atoms with Crippen LogP contribution >= 0.6 is 34.8 Å². The maximum absolute atomic E-state index is 12.1. The highest BCUT2D eigenvalue weighted by atomic mass is 35.5. The fourth-order valence-electron chi connectivity index (χ4n) is 2.16. The lowest BCUT2D eigenvalue weighted by Crippen LogP contribution is -2.15. The molecule has 2 aromatic carbocycles. The maximum atomic E-state index is 12.1. The van der Waals surface area contributed by atoms with Crippen LogP contribution < -0.4 is 10.5 Å². The molecule has 1 aromatic heterocycles. The number of halogens is 3. The number of rotatable bonds is 6. The quantitative estimate of drug-likeness (QED) is 0.244. The summed E-state index contributed by atoms with van der Waals surface area (Å²) in [5, 5.41) is 4.78. The zero-order chi connectivity index (χ0) is 20.1. The molecule has 3 aromatic rings. The van der Waals surface area contributed by atoms with E-state index >= 15 is 0 Å². The molecule has 0 fully saturated rings. The maximum Gasteiger partial charge on any atom is 0.400 e. The SMILES string of the molecule is N/C(=N\OC(=O)c1ccc(COc2ccccc2Cl)o1)c1ccc(Cl)cc1Cl. The van der Waals surface area contributed by atoms with Crippen LogP contribution in [0.5, 0.6) is 5.75 Å². The summed E-state index contributed by atoms with van der Waals surface area (Å²) in [6.07, 6.45) is 0. The Labute approximate surface area is 175 Å². The summed E-state index contributed by atoms with van der Waals surface area (Å²) in [6, 6.07) is 14.7. The van der Waals surface area contributed by atoms with Gasteiger partial charge >= 0.3 is 5.97 Å². The van der Waals surface area contributed by atoms with E-state index in [-0.39, 0.29) is 23.2 Å². The number of benzene rings is 2. The van der Waals surface area contributed by atoms with Gasteiger partial charge in [0, 0.05) is 10.6 Å². The number of carbonyl (C=O) groups excluding carboxylic acids is 1. The van der Waals surface area contributed by atoms with E-state index in [0.29, 0.717) is 27.1 Å². The topological polar surface area (TPSA) is 87.1 Å². The fourth-order valence-corrected chi connectivity index (χ4v) is 2.85. The molecule has 0 atom stereocenters. The predicted octanol–water partition coefficient (Wildman–Crippen LogP) is 5.30. The first-order valence-electron chi connectivity index (χ1n) is 7.90. The third-order valence-electron chi connectivity index (χ3n) is 3.50. The molecular weight excluding hydrogens is 427 g/mol. The molecule has 0 aliphatic rings. The van der Waals surface area contributed by atoms with Gasteiger partial charge in [0.2, 0.25) is 5.76 Å². The molecule has 0 radical (unpaired) electrons. The van der Waals surface area contributed by atoms with E-state index < -0.39 is 5.97 Å². The molecule has 0 bridgehead atoms. The van der Waals surface area contributed by atoms with Crippen molar-refractivity contribution in [1.29, 1.82) is 0 Å². The largest absolute Gasteiger partial charge is 0.484 e. The molecular formula is C19H13Cl3N2O4. The number of amidine groups is 1. The molecule has 9 heteroatoms. The van der Waals surface area contributed by atoms with E-state index in [1.54, 1.807) is 42.5 Å². The zero-order valence-corrected chi connectivity index (χ0v) is 16.5. The number of hydrogen-bond acceptors (Lipinski definition) is 5. The number of nitrogens with zero attached hydrogens (tertiary/aromatic N) is 1. The second-order valence-electron chi connectivity index (χ2n) is 5.46. The van der Waals surface area contributed by atoms with Crippen molar-refractivity contribution in [2.75, 3.05) is 0 Å². The van der Waals surface area contributed by atoms with Crippen LogP contribution in [-0.2, 0) is 11.4 Å². The van der Waals surface area contributed by atoms with Crippen molar-refractivity contribution in [3.63, 3.8) is 0 Å². The lowest BCUT2D eigenvalue weighted by Gasteiger charge is -2.05. The molecule has 0 saturated heterocycles. The molecule has 1 heterocycles. The second kappa shape index (κ2) is 9.01. The zero-order valence-electron chi connectivity index (χ0n) is 14.2. The van der Waals surface area contributed by atoms with Crippen molar-refractivity contribution in [1.82, 2.24) is 0 Å². The molecule has 0 amide bonds. The molecule has 3 rings (SSSR count). The minimum absolute atomic E-state index is 0.0588. The van der Waals surface area contributed by atoms with Gasteiger partial charge in [0.1, 0.15) is 18.1 Å². The Balaban J connectivity index is 1.61. The van der Waals surface area contributed by atoms with Crippen LogP contribution in [0.1, 0.15) is 21.9 Å². The summed E-state index contributed by atoms with van der Waals surface area (Å²) in [6.45, 7) is 0.0861. The highest BCUT2D eigenvalue weighted by Crippen LogP contribution is 2.24. The minimum Gasteiger partial charge on any atom is -0.484 e. The Hall–Kier alpha value is -2.67. The molecule has 0 unspecified atom stereocenters. The number of hydrogen-bond donors (Lipinski definition) is 1. The Kier molecular flexibility index (Phi) is 6.46. The average molecular weight is 440 g/mol. The average Bonchev–Trinajstić information content (AvgIpc) is 3.14. The second-order valence-corrected chi connectivity index (χ2v) is 6.72. The third-order valence-corrected chi connectivity index (χ3v) is 4.36. The summed E-state index contributed by atoms with van der Waals surface area (Å²) in [5.41, 5.74) is 6.17. The number of furan rings is 1. The van der Waals surface area contributed by atoms with Crippen LogP contribution in [0.25, 0.3) is 0 Å². The number of oxime groups is 1. The van der Waals surface area contributed by atoms with Crippen molar-refractivity contribution in [2.24, 2.45) is 10.9 Å². The van der Waals surface area contributed by atoms with Crippen molar-refractivity contribution in [3.05, 3.63) is 86.7 Å². The van der Waals surface area contributed by atoms with Crippen molar-refractivity contribution in [3.8, 4) is 5.75 Å². The first-order chi connectivity index (χ1) is 13.4. The van der Waals surface area contributed by atoms with Crippen LogP contribution in [0.4, 0.5) is 0 Å². The lowest BCUT2D eigenvalue weighted by atomic mass is 10.2. The van der Waals surface area contributed by atoms with Crippen molar-refractivity contribution in [2.45, 2.75) is 6.61 Å². The predicted molar refractivity (Wildman–Crippen MR) is 107 cm³/mol. The summed E-state index contributed by atoms with van der Waals surface area (Å²) in [5.74, 6) is -0.0520. The van der Waals surface area contributed by atoms with Gasteiger partial charge in [-0.15, -0.1) is 0 Å². The van der Waals surface area contributed by atoms with Gasteiger partial charge in [0.05, 0.1) is 10.0 Å². The molecule has 0 spiro atoms. The van der Waals surface area contributed by atoms with Crippen LogP contribution in [0.3, 0.4) is 0 Å². The Morgan fingerprint density at radius 2 is 1.82 bits per heavy atom. The first kappa shape index (κ1) is 20.1. The number of nitrogens with two attached hydrogens (primary N) is 1. The number of carbonyl (C=O) groups is 1. The first-order valence-corrected chi connectivity index (χ1v) is 9.03. The molecule has 144 valence electrons. The van der Waals surface area contributed by atoms with E-state index in [1.165, 1.54) is 12.1 Å². The van der Waals surface area contributed by atoms with Gasteiger partial charge in [-0.1, -0.05) is 52.1 Å². The van der Waals surface area contributed by atoms with Crippen molar-refractivity contribution < 1.29 is 18.8 Å². The minimum atomic E-state index is -0.822. The van der Waals surface area contributed by atoms with E-state index in [1.807, 2.05) is 0 Å². The van der Waals surface area contributed by atoms with E-state index in [2.05, 4.69) is 5.16 Å². The monoisotopic (exact) mass is 438 g/mol. The smallest absolute Gasteiger partial charge is 0.400 e. The Morgan fingerprint density at radius 1 is 1.04 bits per heavy atom. The van der Waals surface area contributed by atoms with Gasteiger partial charge < -0.3 is 19.7 Å². The van der Waals surface area contributed by atoms with Crippen LogP contribution in [0.2, 0.25) is 15.1 Å². The molecule has 28 heavy (non-hydrogen) atoms. The van der Waals surface area contributed by atoms with E-state index in [0.717, 1.165) is 0 Å². The fraction of sp³-hybridized carbons (Fsp3) is 0.0526. The molecule has 2 N–H and O–H groups in total. The summed E-state index contributed by atoms with van der Waals surface area (Å²) < 4.78 is 10.9. The number of ether oxygens (including phenoxy) is 1. The third kappa shape index (κ3) is 4.98. The van der Waals surface area contributed by atoms with Gasteiger partial charge in [-0.05, 0) is 42.5 Å². The molecule has 6 nitrogen and oxygen atoms in total. The van der Waals surface area contributed by atoms with E-state index in [4.69, 9.17) is 54.5 Å². The highest BCUT2D eigenvalue weighted by molar-refractivity contribution is 6.36. The van der Waals surface area contributed by atoms with Crippen LogP contribution in [0.15, 0.2) is 64.2 Å². The Morgan fingerprint density at radius 3 is 2.57 bits per heavy atom. The molecule has 0 aliphatic heterocycles. The van der Waals surface area contributed by atoms with Crippen LogP contribution in [-0.4, -0.2) is 11.8 Å². The van der Waals surface area contributed by atoms with Gasteiger partial charge in [-0.2, -0.15) is 0 Å². The normalized spacial score (nSPS) is 11.3. The van der Waals surface area contributed by atoms with Gasteiger partial charge in [-0.3, -0.25) is 0 Å². The summed E-state index contributed by atoms with van der Waals surface area (Å²) >= 11 is 17.9. The van der Waals surface area contributed by atoms with Gasteiger partial charge in [0.15, 0.2) is 5.84 Å². The van der Waals surface area contributed by atoms with Gasteiger partial charge in [-0.25, -0.2) is 4.79 Å². The van der Waals surface area contributed by atoms with Gasteiger partial charge in [0.25, 0.3) is 0 Å². The van der Waals surface area contributed by atoms with Crippen LogP contribution in [0, 0.1) is 0 Å². The van der Waals surface area contributed by atoms with Crippen molar-refractivity contribution >= 4 is 46.6 Å². The molecule has 0 aliphatic carbocycles. The number of para-hydroxylation sites is 1. The summed E-state index contributed by atoms with van der Waals surface area (Å²) in [4.78, 5) is 16.9. The van der Waals surface area contributed by atoms with E-state index in [9.17, 15) is 4.79 Å². The lowest BCUT2D eigenvalue weighted by molar-refractivity contribution is 0.0475. The Bertz CT molecular complexity index is 1030. The standard InChI is InChI=1S/C19H13Cl3N2O4/c20-11-5-7-13(15(22)9-11)18(23)24-28-19(25)17-8-6-12(27-17)10-26-16-4-2-1-3-14(16)21/h1-9H,10H2,(H2,23,24). The highest BCUT2D eigenvalue weighted by Gasteiger charge is 2.15. The summed E-state index contributed by atoms with van der Waals surface area (Å²) in [7, 11) is 0.